The second-order valence-electron chi connectivity index (χ2n) is 4.34. The van der Waals surface area contributed by atoms with Crippen LogP contribution in [0.2, 0.25) is 0 Å². The summed E-state index contributed by atoms with van der Waals surface area (Å²) in [5.74, 6) is 0.280. The maximum absolute atomic E-state index is 10.4. The molecule has 0 aromatic carbocycles. The molecule has 0 heterocycles. The molecule has 0 radical (unpaired) electrons. The quantitative estimate of drug-likeness (QED) is 0.677. The van der Waals surface area contributed by atoms with E-state index in [1.165, 1.54) is 7.11 Å². The fourth-order valence-corrected chi connectivity index (χ4v) is 0.417. The SMILES string of the molecule is CC(C)(C)O.COC(=O)CC(C)C. The van der Waals surface area contributed by atoms with Gasteiger partial charge in [0.1, 0.15) is 0 Å². The Morgan fingerprint density at radius 2 is 1.69 bits per heavy atom. The van der Waals surface area contributed by atoms with Crippen LogP contribution in [0, 0.1) is 5.92 Å². The van der Waals surface area contributed by atoms with Gasteiger partial charge in [-0.25, -0.2) is 0 Å². The molecule has 0 bridgehead atoms. The number of hydrogen-bond donors (Lipinski definition) is 1. The predicted octanol–water partition coefficient (Wildman–Crippen LogP) is 1.98. The summed E-state index contributed by atoms with van der Waals surface area (Å²) in [6, 6.07) is 0. The highest BCUT2D eigenvalue weighted by Crippen LogP contribution is 1.98. The summed E-state index contributed by atoms with van der Waals surface area (Å²) in [6.07, 6.45) is 0.524. The van der Waals surface area contributed by atoms with Crippen LogP contribution in [0.3, 0.4) is 0 Å². The van der Waals surface area contributed by atoms with Crippen molar-refractivity contribution in [2.24, 2.45) is 5.92 Å². The third kappa shape index (κ3) is 34.5. The van der Waals surface area contributed by atoms with Crippen LogP contribution in [0.1, 0.15) is 41.0 Å². The first-order valence-electron chi connectivity index (χ1n) is 4.46. The number of hydrogen-bond acceptors (Lipinski definition) is 3. The van der Waals surface area contributed by atoms with E-state index in [0.717, 1.165) is 0 Å². The molecule has 0 spiro atoms. The van der Waals surface area contributed by atoms with Crippen molar-refractivity contribution >= 4 is 5.97 Å². The van der Waals surface area contributed by atoms with Gasteiger partial charge in [0.05, 0.1) is 12.7 Å². The molecule has 0 saturated carbocycles. The molecule has 0 aliphatic heterocycles. The minimum atomic E-state index is -0.500. The van der Waals surface area contributed by atoms with Crippen LogP contribution in [0.25, 0.3) is 0 Å². The molecule has 0 rings (SSSR count). The van der Waals surface area contributed by atoms with Crippen molar-refractivity contribution in [3.8, 4) is 0 Å². The molecule has 0 saturated heterocycles. The van der Waals surface area contributed by atoms with E-state index >= 15 is 0 Å². The fraction of sp³-hybridized carbons (Fsp3) is 0.900. The van der Waals surface area contributed by atoms with Crippen molar-refractivity contribution in [3.63, 3.8) is 0 Å². The van der Waals surface area contributed by atoms with Gasteiger partial charge in [0.25, 0.3) is 0 Å². The van der Waals surface area contributed by atoms with Crippen molar-refractivity contribution in [1.29, 1.82) is 0 Å². The van der Waals surface area contributed by atoms with Gasteiger partial charge in [-0.3, -0.25) is 4.79 Å². The standard InChI is InChI=1S/C6H12O2.C4H10O/c1-5(2)4-6(7)8-3;1-4(2,3)5/h5H,4H2,1-3H3;5H,1-3H3. The number of esters is 1. The predicted molar refractivity (Wildman–Crippen MR) is 53.4 cm³/mol. The number of ether oxygens (including phenoxy) is 1. The van der Waals surface area contributed by atoms with Crippen LogP contribution in [0.4, 0.5) is 0 Å². The van der Waals surface area contributed by atoms with Gasteiger partial charge in [-0.2, -0.15) is 0 Å². The third-order valence-electron chi connectivity index (χ3n) is 0.803. The summed E-state index contributed by atoms with van der Waals surface area (Å²) in [5, 5.41) is 8.52. The molecule has 0 aliphatic carbocycles. The Hall–Kier alpha value is -0.570. The van der Waals surface area contributed by atoms with Crippen molar-refractivity contribution in [2.75, 3.05) is 7.11 Å². The Kier molecular flexibility index (Phi) is 7.92. The van der Waals surface area contributed by atoms with Gasteiger partial charge in [-0.15, -0.1) is 0 Å². The highest BCUT2D eigenvalue weighted by molar-refractivity contribution is 5.69. The zero-order valence-electron chi connectivity index (χ0n) is 9.55. The van der Waals surface area contributed by atoms with E-state index in [4.69, 9.17) is 5.11 Å². The summed E-state index contributed by atoms with van der Waals surface area (Å²) in [6.45, 7) is 9.20. The van der Waals surface area contributed by atoms with E-state index in [1.807, 2.05) is 13.8 Å². The number of aliphatic hydroxyl groups is 1. The molecule has 0 atom stereocenters. The summed E-state index contributed by atoms with van der Waals surface area (Å²) in [7, 11) is 1.41. The van der Waals surface area contributed by atoms with E-state index in [1.54, 1.807) is 20.8 Å². The molecule has 0 amide bonds. The molecular formula is C10H22O3. The molecule has 0 unspecified atom stereocenters. The minimum Gasteiger partial charge on any atom is -0.469 e. The van der Waals surface area contributed by atoms with Crippen molar-refractivity contribution in [2.45, 2.75) is 46.6 Å². The summed E-state index contributed by atoms with van der Waals surface area (Å²) in [4.78, 5) is 10.4. The van der Waals surface area contributed by atoms with Gasteiger partial charge >= 0.3 is 5.97 Å². The molecule has 0 aromatic heterocycles. The molecule has 0 fully saturated rings. The first-order chi connectivity index (χ1) is 5.66. The molecule has 3 heteroatoms. The summed E-state index contributed by atoms with van der Waals surface area (Å²) >= 11 is 0. The monoisotopic (exact) mass is 190 g/mol. The van der Waals surface area contributed by atoms with Crippen LogP contribution in [-0.2, 0) is 9.53 Å². The lowest BCUT2D eigenvalue weighted by Gasteiger charge is -2.04. The summed E-state index contributed by atoms with van der Waals surface area (Å²) in [5.41, 5.74) is -0.500. The highest BCUT2D eigenvalue weighted by Gasteiger charge is 2.01. The Balaban J connectivity index is 0. The average molecular weight is 190 g/mol. The first kappa shape index (κ1) is 14.9. The Labute approximate surface area is 81.1 Å². The van der Waals surface area contributed by atoms with E-state index in [2.05, 4.69) is 4.74 Å². The van der Waals surface area contributed by atoms with Gasteiger partial charge in [0.15, 0.2) is 0 Å². The molecule has 1 N–H and O–H groups in total. The van der Waals surface area contributed by atoms with Crippen LogP contribution >= 0.6 is 0 Å². The highest BCUT2D eigenvalue weighted by atomic mass is 16.5. The second kappa shape index (κ2) is 6.89. The molecule has 13 heavy (non-hydrogen) atoms. The smallest absolute Gasteiger partial charge is 0.305 e. The number of methoxy groups -OCH3 is 1. The molecule has 3 nitrogen and oxygen atoms in total. The van der Waals surface area contributed by atoms with Gasteiger partial charge in [0, 0.05) is 6.42 Å². The molecular weight excluding hydrogens is 168 g/mol. The summed E-state index contributed by atoms with van der Waals surface area (Å²) < 4.78 is 4.42. The number of rotatable bonds is 2. The zero-order chi connectivity index (χ0) is 11.1. The maximum Gasteiger partial charge on any atom is 0.305 e. The van der Waals surface area contributed by atoms with Crippen molar-refractivity contribution < 1.29 is 14.6 Å². The topological polar surface area (TPSA) is 46.5 Å². The third-order valence-corrected chi connectivity index (χ3v) is 0.803. The molecule has 0 aliphatic rings. The van der Waals surface area contributed by atoms with Crippen molar-refractivity contribution in [3.05, 3.63) is 0 Å². The average Bonchev–Trinajstić information content (AvgIpc) is 1.82. The zero-order valence-corrected chi connectivity index (χ0v) is 9.55. The molecule has 0 aromatic rings. The largest absolute Gasteiger partial charge is 0.469 e. The number of carbonyl (C=O) groups excluding carboxylic acids is 1. The molecule has 80 valence electrons. The second-order valence-corrected chi connectivity index (χ2v) is 4.34. The Morgan fingerprint density at radius 1 is 1.38 bits per heavy atom. The normalized spacial score (nSPS) is 10.5. The lowest BCUT2D eigenvalue weighted by molar-refractivity contribution is -0.141. The fourth-order valence-electron chi connectivity index (χ4n) is 0.417. The lowest BCUT2D eigenvalue weighted by Crippen LogP contribution is -2.10. The number of carbonyl (C=O) groups is 1. The lowest BCUT2D eigenvalue weighted by atomic mass is 10.1. The van der Waals surface area contributed by atoms with Crippen molar-refractivity contribution in [1.82, 2.24) is 0 Å². The Bertz CT molecular complexity index is 128. The first-order valence-corrected chi connectivity index (χ1v) is 4.46. The minimum absolute atomic E-state index is 0.125. The van der Waals surface area contributed by atoms with E-state index in [0.29, 0.717) is 12.3 Å². The van der Waals surface area contributed by atoms with Gasteiger partial charge in [-0.05, 0) is 26.7 Å². The van der Waals surface area contributed by atoms with Crippen LogP contribution in [0.5, 0.6) is 0 Å². The van der Waals surface area contributed by atoms with Gasteiger partial charge in [-0.1, -0.05) is 13.8 Å². The van der Waals surface area contributed by atoms with Crippen LogP contribution in [-0.4, -0.2) is 23.8 Å². The van der Waals surface area contributed by atoms with E-state index in [9.17, 15) is 4.79 Å². The van der Waals surface area contributed by atoms with Crippen LogP contribution in [0.15, 0.2) is 0 Å². The Morgan fingerprint density at radius 3 is 1.77 bits per heavy atom. The van der Waals surface area contributed by atoms with E-state index < -0.39 is 5.60 Å². The maximum atomic E-state index is 10.4. The van der Waals surface area contributed by atoms with E-state index in [-0.39, 0.29) is 5.97 Å². The van der Waals surface area contributed by atoms with Crippen LogP contribution < -0.4 is 0 Å². The van der Waals surface area contributed by atoms with Gasteiger partial charge in [0.2, 0.25) is 0 Å². The van der Waals surface area contributed by atoms with Gasteiger partial charge < -0.3 is 9.84 Å².